The number of nitrogens with two attached hydrogens (primary N) is 1. The lowest BCUT2D eigenvalue weighted by atomic mass is 10.0. The number of nitrogens with one attached hydrogen (secondary N) is 1. The van der Waals surface area contributed by atoms with Crippen LogP contribution >= 0.6 is 23.2 Å². The van der Waals surface area contributed by atoms with Crippen LogP contribution in [0, 0.1) is 0 Å². The average Bonchev–Trinajstić information content (AvgIpc) is 3.22. The van der Waals surface area contributed by atoms with E-state index < -0.39 is 23.6 Å². The SMILES string of the molecule is Cn1cc(C(=O)NC(Cc2ccccc2)C(=O)C(N)=O)c(-c2cc(Cl)oc2Cl)c1. The van der Waals surface area contributed by atoms with E-state index in [1.807, 2.05) is 6.07 Å². The van der Waals surface area contributed by atoms with Crippen LogP contribution in [0.3, 0.4) is 0 Å². The van der Waals surface area contributed by atoms with Crippen molar-refractivity contribution in [2.24, 2.45) is 12.8 Å². The number of hydrogen-bond acceptors (Lipinski definition) is 4. The molecule has 3 N–H and O–H groups in total. The summed E-state index contributed by atoms with van der Waals surface area (Å²) in [5.41, 5.74) is 7.07. The highest BCUT2D eigenvalue weighted by atomic mass is 35.5. The first-order valence-corrected chi connectivity index (χ1v) is 9.31. The number of aryl methyl sites for hydroxylation is 1. The first-order valence-electron chi connectivity index (χ1n) is 8.56. The van der Waals surface area contributed by atoms with Gasteiger partial charge >= 0.3 is 0 Å². The van der Waals surface area contributed by atoms with Crippen LogP contribution < -0.4 is 11.1 Å². The van der Waals surface area contributed by atoms with Crippen molar-refractivity contribution < 1.29 is 18.8 Å². The number of ketones is 1. The van der Waals surface area contributed by atoms with Gasteiger partial charge in [-0.1, -0.05) is 30.3 Å². The van der Waals surface area contributed by atoms with Crippen LogP contribution in [0.25, 0.3) is 11.1 Å². The molecule has 0 aliphatic rings. The summed E-state index contributed by atoms with van der Waals surface area (Å²) in [6.45, 7) is 0. The minimum absolute atomic E-state index is 0.0318. The van der Waals surface area contributed by atoms with Gasteiger partial charge in [0.2, 0.25) is 11.0 Å². The quantitative estimate of drug-likeness (QED) is 0.558. The first kappa shape index (κ1) is 20.7. The number of nitrogens with zero attached hydrogens (tertiary/aromatic N) is 1. The fourth-order valence-electron chi connectivity index (χ4n) is 2.97. The van der Waals surface area contributed by atoms with E-state index >= 15 is 0 Å². The van der Waals surface area contributed by atoms with Gasteiger partial charge in [0.15, 0.2) is 5.22 Å². The van der Waals surface area contributed by atoms with Crippen molar-refractivity contribution in [3.8, 4) is 11.1 Å². The molecule has 2 amide bonds. The summed E-state index contributed by atoms with van der Waals surface area (Å²) in [6, 6.07) is 9.36. The number of benzene rings is 1. The molecule has 0 bridgehead atoms. The highest BCUT2D eigenvalue weighted by Crippen LogP contribution is 2.35. The zero-order chi connectivity index (χ0) is 21.1. The summed E-state index contributed by atoms with van der Waals surface area (Å²) in [5.74, 6) is -2.57. The van der Waals surface area contributed by atoms with Gasteiger partial charge in [-0.3, -0.25) is 14.4 Å². The lowest BCUT2D eigenvalue weighted by Gasteiger charge is -2.16. The van der Waals surface area contributed by atoms with Crippen LogP contribution in [0.2, 0.25) is 10.4 Å². The second-order valence-electron chi connectivity index (χ2n) is 6.43. The molecule has 0 spiro atoms. The highest BCUT2D eigenvalue weighted by Gasteiger charge is 2.28. The molecule has 29 heavy (non-hydrogen) atoms. The molecule has 7 nitrogen and oxygen atoms in total. The molecular formula is C20H17Cl2N3O4. The van der Waals surface area contributed by atoms with Crippen LogP contribution in [0.1, 0.15) is 15.9 Å². The molecule has 2 aromatic heterocycles. The maximum absolute atomic E-state index is 13.0. The predicted octanol–water partition coefficient (Wildman–Crippen LogP) is 2.99. The van der Waals surface area contributed by atoms with Crippen LogP contribution in [-0.4, -0.2) is 28.2 Å². The van der Waals surface area contributed by atoms with E-state index in [9.17, 15) is 14.4 Å². The molecular weight excluding hydrogens is 417 g/mol. The number of amides is 2. The van der Waals surface area contributed by atoms with E-state index in [-0.39, 0.29) is 22.4 Å². The smallest absolute Gasteiger partial charge is 0.287 e. The van der Waals surface area contributed by atoms with Gasteiger partial charge in [-0.2, -0.15) is 0 Å². The molecule has 2 heterocycles. The minimum Gasteiger partial charge on any atom is -0.433 e. The summed E-state index contributed by atoms with van der Waals surface area (Å²) < 4.78 is 6.77. The number of aromatic nitrogens is 1. The van der Waals surface area contributed by atoms with Crippen molar-refractivity contribution in [3.05, 3.63) is 70.4 Å². The van der Waals surface area contributed by atoms with Gasteiger partial charge in [0.05, 0.1) is 5.56 Å². The Morgan fingerprint density at radius 2 is 1.83 bits per heavy atom. The predicted molar refractivity (Wildman–Crippen MR) is 109 cm³/mol. The van der Waals surface area contributed by atoms with Crippen LogP contribution in [0.4, 0.5) is 0 Å². The van der Waals surface area contributed by atoms with Gasteiger partial charge in [-0.15, -0.1) is 0 Å². The number of rotatable bonds is 7. The monoisotopic (exact) mass is 433 g/mol. The molecule has 0 saturated heterocycles. The molecule has 3 rings (SSSR count). The van der Waals surface area contributed by atoms with Crippen molar-refractivity contribution in [3.63, 3.8) is 0 Å². The second kappa shape index (κ2) is 8.55. The van der Waals surface area contributed by atoms with Gasteiger partial charge in [-0.25, -0.2) is 0 Å². The van der Waals surface area contributed by atoms with Crippen molar-refractivity contribution in [2.75, 3.05) is 0 Å². The van der Waals surface area contributed by atoms with Gasteiger partial charge in [0, 0.05) is 43.1 Å². The number of furan rings is 1. The van der Waals surface area contributed by atoms with E-state index in [2.05, 4.69) is 5.32 Å². The van der Waals surface area contributed by atoms with Gasteiger partial charge in [0.1, 0.15) is 6.04 Å². The minimum atomic E-state index is -1.12. The summed E-state index contributed by atoms with van der Waals surface area (Å²) in [7, 11) is 1.73. The van der Waals surface area contributed by atoms with Crippen molar-refractivity contribution in [2.45, 2.75) is 12.5 Å². The highest BCUT2D eigenvalue weighted by molar-refractivity contribution is 6.38. The Morgan fingerprint density at radius 3 is 2.41 bits per heavy atom. The van der Waals surface area contributed by atoms with Gasteiger partial charge in [-0.05, 0) is 28.8 Å². The summed E-state index contributed by atoms with van der Waals surface area (Å²) >= 11 is 11.9. The normalized spacial score (nSPS) is 11.8. The number of carbonyl (C=O) groups is 3. The average molecular weight is 434 g/mol. The lowest BCUT2D eigenvalue weighted by Crippen LogP contribution is -2.47. The zero-order valence-electron chi connectivity index (χ0n) is 15.3. The number of hydrogen-bond donors (Lipinski definition) is 2. The Morgan fingerprint density at radius 1 is 1.14 bits per heavy atom. The molecule has 0 fully saturated rings. The van der Waals surface area contributed by atoms with E-state index in [0.717, 1.165) is 5.56 Å². The Labute approximate surface area is 176 Å². The van der Waals surface area contributed by atoms with Crippen LogP contribution in [-0.2, 0) is 23.1 Å². The maximum Gasteiger partial charge on any atom is 0.287 e. The van der Waals surface area contributed by atoms with E-state index in [1.54, 1.807) is 48.3 Å². The molecule has 0 saturated carbocycles. The Bertz CT molecular complexity index is 1070. The molecule has 1 unspecified atom stereocenters. The molecule has 1 aromatic carbocycles. The van der Waals surface area contributed by atoms with Gasteiger partial charge < -0.3 is 20.0 Å². The molecule has 1 atom stereocenters. The largest absolute Gasteiger partial charge is 0.433 e. The number of carbonyl (C=O) groups excluding carboxylic acids is 3. The third-order valence-electron chi connectivity index (χ3n) is 4.29. The third-order valence-corrected chi connectivity index (χ3v) is 4.76. The van der Waals surface area contributed by atoms with Crippen molar-refractivity contribution in [1.82, 2.24) is 9.88 Å². The van der Waals surface area contributed by atoms with Crippen LogP contribution in [0.5, 0.6) is 0 Å². The van der Waals surface area contributed by atoms with E-state index in [0.29, 0.717) is 11.1 Å². The Kier molecular flexibility index (Phi) is 6.10. The summed E-state index contributed by atoms with van der Waals surface area (Å²) in [4.78, 5) is 36.7. The molecule has 150 valence electrons. The number of halogens is 2. The first-order chi connectivity index (χ1) is 13.8. The Hall–Kier alpha value is -3.03. The summed E-state index contributed by atoms with van der Waals surface area (Å²) in [6.07, 6.45) is 3.36. The number of Topliss-reactive ketones (excluding diaryl/α,β-unsaturated/α-hetero) is 1. The third kappa shape index (κ3) is 4.70. The van der Waals surface area contributed by atoms with Gasteiger partial charge in [0.25, 0.3) is 11.8 Å². The number of primary amides is 1. The topological polar surface area (TPSA) is 107 Å². The fourth-order valence-corrected chi connectivity index (χ4v) is 3.44. The van der Waals surface area contributed by atoms with Crippen molar-refractivity contribution in [1.29, 1.82) is 0 Å². The van der Waals surface area contributed by atoms with E-state index in [4.69, 9.17) is 33.4 Å². The molecule has 0 aliphatic carbocycles. The Balaban J connectivity index is 1.91. The molecule has 0 radical (unpaired) electrons. The lowest BCUT2D eigenvalue weighted by molar-refractivity contribution is -0.137. The standard InChI is InChI=1S/C20H17Cl2N3O4/c1-25-9-13(12-8-16(21)29-18(12)22)14(10-25)20(28)24-15(17(26)19(23)27)7-11-5-3-2-4-6-11/h2-6,8-10,15H,7H2,1H3,(H2,23,27)(H,24,28). The zero-order valence-corrected chi connectivity index (χ0v) is 16.8. The molecule has 0 aliphatic heterocycles. The van der Waals surface area contributed by atoms with E-state index in [1.165, 1.54) is 6.07 Å². The molecule has 9 heteroatoms. The fraction of sp³-hybridized carbons (Fsp3) is 0.150. The van der Waals surface area contributed by atoms with Crippen LogP contribution in [0.15, 0.2) is 53.2 Å². The summed E-state index contributed by atoms with van der Waals surface area (Å²) in [5, 5.41) is 2.71. The van der Waals surface area contributed by atoms with Crippen molar-refractivity contribution >= 4 is 40.8 Å². The molecule has 3 aromatic rings. The second-order valence-corrected chi connectivity index (χ2v) is 7.15. The maximum atomic E-state index is 13.0.